The highest BCUT2D eigenvalue weighted by Crippen LogP contribution is 2.32. The molecular formula is C11H14N6OS. The Hall–Kier alpha value is -1.83. The molecule has 19 heavy (non-hydrogen) atoms. The van der Waals surface area contributed by atoms with Gasteiger partial charge in [0.25, 0.3) is 0 Å². The Morgan fingerprint density at radius 1 is 1.47 bits per heavy atom. The van der Waals surface area contributed by atoms with Gasteiger partial charge in [0.05, 0.1) is 6.04 Å². The first-order chi connectivity index (χ1) is 9.34. The van der Waals surface area contributed by atoms with Crippen molar-refractivity contribution in [3.63, 3.8) is 0 Å². The lowest BCUT2D eigenvalue weighted by molar-refractivity contribution is -0.136. The number of likely N-dealkylation sites (tertiary alicyclic amines) is 1. The summed E-state index contributed by atoms with van der Waals surface area (Å²) in [5.41, 5.74) is 0. The van der Waals surface area contributed by atoms with Crippen LogP contribution in [0, 0.1) is 0 Å². The number of piperidine rings is 1. The fourth-order valence-corrected chi connectivity index (χ4v) is 3.15. The molecule has 2 aromatic heterocycles. The number of hydrogen-bond acceptors (Lipinski definition) is 6. The van der Waals surface area contributed by atoms with Crippen molar-refractivity contribution >= 4 is 17.2 Å². The van der Waals surface area contributed by atoms with E-state index in [0.717, 1.165) is 30.8 Å². The zero-order valence-electron chi connectivity index (χ0n) is 10.3. The Bertz CT molecular complexity index is 525. The third kappa shape index (κ3) is 2.62. The summed E-state index contributed by atoms with van der Waals surface area (Å²) in [5, 5.41) is 13.8. The van der Waals surface area contributed by atoms with E-state index in [2.05, 4.69) is 20.5 Å². The Morgan fingerprint density at radius 2 is 2.42 bits per heavy atom. The summed E-state index contributed by atoms with van der Waals surface area (Å²) in [4.78, 5) is 18.6. The molecule has 0 aliphatic carbocycles. The summed E-state index contributed by atoms with van der Waals surface area (Å²) < 4.78 is 1.45. The van der Waals surface area contributed by atoms with E-state index in [-0.39, 0.29) is 18.5 Å². The third-order valence-corrected chi connectivity index (χ3v) is 4.13. The second-order valence-corrected chi connectivity index (χ2v) is 5.40. The van der Waals surface area contributed by atoms with Gasteiger partial charge in [0.1, 0.15) is 17.9 Å². The molecule has 1 aliphatic heterocycles. The van der Waals surface area contributed by atoms with Crippen molar-refractivity contribution in [2.75, 3.05) is 6.54 Å². The molecule has 0 aromatic carbocycles. The molecule has 8 heteroatoms. The van der Waals surface area contributed by atoms with E-state index in [1.54, 1.807) is 17.5 Å². The summed E-state index contributed by atoms with van der Waals surface area (Å²) in [7, 11) is 0. The normalized spacial score (nSPS) is 19.6. The molecule has 3 heterocycles. The van der Waals surface area contributed by atoms with Crippen LogP contribution in [0.25, 0.3) is 0 Å². The van der Waals surface area contributed by atoms with Gasteiger partial charge in [-0.1, -0.05) is 0 Å². The lowest BCUT2D eigenvalue weighted by Gasteiger charge is -2.34. The number of carbonyl (C=O) groups excluding carboxylic acids is 1. The lowest BCUT2D eigenvalue weighted by Crippen LogP contribution is -2.40. The minimum Gasteiger partial charge on any atom is -0.332 e. The van der Waals surface area contributed by atoms with Gasteiger partial charge in [-0.15, -0.1) is 16.4 Å². The fourth-order valence-electron chi connectivity index (χ4n) is 2.37. The molecule has 1 unspecified atom stereocenters. The minimum atomic E-state index is 0.0483. The van der Waals surface area contributed by atoms with E-state index in [1.165, 1.54) is 11.0 Å². The monoisotopic (exact) mass is 278 g/mol. The van der Waals surface area contributed by atoms with Gasteiger partial charge < -0.3 is 4.90 Å². The van der Waals surface area contributed by atoms with Gasteiger partial charge in [-0.05, 0) is 29.7 Å². The van der Waals surface area contributed by atoms with Crippen LogP contribution in [0.1, 0.15) is 30.3 Å². The molecule has 1 fully saturated rings. The standard InChI is InChI=1S/C11H14N6OS/c18-10(7-16-8-13-14-15-16)17-5-2-1-3-9(17)11-12-4-6-19-11/h4,6,8-9H,1-3,5,7H2. The van der Waals surface area contributed by atoms with Crippen molar-refractivity contribution in [1.82, 2.24) is 30.1 Å². The number of thiazole rings is 1. The van der Waals surface area contributed by atoms with Crippen LogP contribution in [-0.2, 0) is 11.3 Å². The molecular weight excluding hydrogens is 264 g/mol. The molecule has 1 amide bonds. The molecule has 3 rings (SSSR count). The Morgan fingerprint density at radius 3 is 3.16 bits per heavy atom. The molecule has 1 aliphatic rings. The van der Waals surface area contributed by atoms with Crippen LogP contribution in [0.15, 0.2) is 17.9 Å². The van der Waals surface area contributed by atoms with E-state index in [9.17, 15) is 4.79 Å². The van der Waals surface area contributed by atoms with Gasteiger partial charge in [-0.2, -0.15) is 0 Å². The second-order valence-electron chi connectivity index (χ2n) is 4.48. The van der Waals surface area contributed by atoms with Gasteiger partial charge in [-0.3, -0.25) is 4.79 Å². The highest BCUT2D eigenvalue weighted by molar-refractivity contribution is 7.09. The maximum atomic E-state index is 12.4. The summed E-state index contributed by atoms with van der Waals surface area (Å²) in [6, 6.07) is 0.109. The summed E-state index contributed by atoms with van der Waals surface area (Å²) >= 11 is 1.61. The average molecular weight is 278 g/mol. The predicted molar refractivity (Wildman–Crippen MR) is 68.2 cm³/mol. The lowest BCUT2D eigenvalue weighted by atomic mass is 10.0. The number of aromatic nitrogens is 5. The second kappa shape index (κ2) is 5.43. The number of carbonyl (C=O) groups is 1. The van der Waals surface area contributed by atoms with Crippen LogP contribution in [-0.4, -0.2) is 42.5 Å². The highest BCUT2D eigenvalue weighted by atomic mass is 32.1. The molecule has 1 atom stereocenters. The molecule has 0 spiro atoms. The van der Waals surface area contributed by atoms with Crippen molar-refractivity contribution in [2.24, 2.45) is 0 Å². The highest BCUT2D eigenvalue weighted by Gasteiger charge is 2.29. The van der Waals surface area contributed by atoms with Gasteiger partial charge >= 0.3 is 0 Å². The molecule has 0 N–H and O–H groups in total. The number of nitrogens with zero attached hydrogens (tertiary/aromatic N) is 6. The van der Waals surface area contributed by atoms with E-state index >= 15 is 0 Å². The molecule has 0 radical (unpaired) electrons. The number of amides is 1. The van der Waals surface area contributed by atoms with E-state index in [1.807, 2.05) is 10.3 Å². The largest absolute Gasteiger partial charge is 0.332 e. The number of hydrogen-bond donors (Lipinski definition) is 0. The van der Waals surface area contributed by atoms with Crippen LogP contribution >= 0.6 is 11.3 Å². The molecule has 1 saturated heterocycles. The number of rotatable bonds is 3. The van der Waals surface area contributed by atoms with E-state index in [0.29, 0.717) is 0 Å². The maximum absolute atomic E-state index is 12.4. The third-order valence-electron chi connectivity index (χ3n) is 3.25. The first kappa shape index (κ1) is 12.2. The first-order valence-electron chi connectivity index (χ1n) is 6.24. The van der Waals surface area contributed by atoms with Gasteiger partial charge in [0, 0.05) is 18.1 Å². The Labute approximate surface area is 114 Å². The van der Waals surface area contributed by atoms with Crippen molar-refractivity contribution in [3.8, 4) is 0 Å². The Balaban J connectivity index is 1.75. The topological polar surface area (TPSA) is 76.8 Å². The van der Waals surface area contributed by atoms with Crippen LogP contribution in [0.2, 0.25) is 0 Å². The molecule has 0 bridgehead atoms. The Kier molecular flexibility index (Phi) is 3.49. The maximum Gasteiger partial charge on any atom is 0.245 e. The van der Waals surface area contributed by atoms with Crippen molar-refractivity contribution in [3.05, 3.63) is 22.9 Å². The van der Waals surface area contributed by atoms with Gasteiger partial charge in [0.2, 0.25) is 5.91 Å². The molecule has 7 nitrogen and oxygen atoms in total. The molecule has 100 valence electrons. The zero-order valence-corrected chi connectivity index (χ0v) is 11.2. The van der Waals surface area contributed by atoms with Gasteiger partial charge in [0.15, 0.2) is 0 Å². The summed E-state index contributed by atoms with van der Waals surface area (Å²) in [5.74, 6) is 0.0483. The van der Waals surface area contributed by atoms with Crippen LogP contribution in [0.5, 0.6) is 0 Å². The number of tetrazole rings is 1. The summed E-state index contributed by atoms with van der Waals surface area (Å²) in [6.45, 7) is 0.972. The first-order valence-corrected chi connectivity index (χ1v) is 7.12. The fraction of sp³-hybridized carbons (Fsp3) is 0.545. The molecule has 0 saturated carbocycles. The summed E-state index contributed by atoms with van der Waals surface area (Å²) in [6.07, 6.45) is 6.41. The quantitative estimate of drug-likeness (QED) is 0.833. The van der Waals surface area contributed by atoms with E-state index < -0.39 is 0 Å². The van der Waals surface area contributed by atoms with Crippen LogP contribution < -0.4 is 0 Å². The van der Waals surface area contributed by atoms with Crippen molar-refractivity contribution in [1.29, 1.82) is 0 Å². The zero-order chi connectivity index (χ0) is 13.1. The van der Waals surface area contributed by atoms with Crippen molar-refractivity contribution < 1.29 is 4.79 Å². The SMILES string of the molecule is O=C(Cn1cnnn1)N1CCCCC1c1nccs1. The van der Waals surface area contributed by atoms with Crippen LogP contribution in [0.3, 0.4) is 0 Å². The molecule has 2 aromatic rings. The smallest absolute Gasteiger partial charge is 0.245 e. The minimum absolute atomic E-state index is 0.0483. The van der Waals surface area contributed by atoms with Crippen LogP contribution in [0.4, 0.5) is 0 Å². The van der Waals surface area contributed by atoms with E-state index in [4.69, 9.17) is 0 Å². The van der Waals surface area contributed by atoms with Gasteiger partial charge in [-0.25, -0.2) is 9.67 Å². The van der Waals surface area contributed by atoms with Crippen molar-refractivity contribution in [2.45, 2.75) is 31.8 Å². The average Bonchev–Trinajstić information content (AvgIpc) is 3.11. The predicted octanol–water partition coefficient (Wildman–Crippen LogP) is 0.883.